The fourth-order valence-corrected chi connectivity index (χ4v) is 4.50. The van der Waals surface area contributed by atoms with Gasteiger partial charge < -0.3 is 9.47 Å². The van der Waals surface area contributed by atoms with E-state index in [0.717, 1.165) is 59.2 Å². The molecule has 0 N–H and O–H groups in total. The van der Waals surface area contributed by atoms with Crippen molar-refractivity contribution in [3.8, 4) is 5.75 Å². The summed E-state index contributed by atoms with van der Waals surface area (Å²) >= 11 is 0. The highest BCUT2D eigenvalue weighted by atomic mass is 16.5. The molecule has 0 atom stereocenters. The van der Waals surface area contributed by atoms with Crippen molar-refractivity contribution in [1.29, 1.82) is 0 Å². The minimum atomic E-state index is -0.115. The van der Waals surface area contributed by atoms with Crippen LogP contribution in [0.5, 0.6) is 5.75 Å². The maximum absolute atomic E-state index is 12.6. The molecule has 2 aromatic carbocycles. The third-order valence-corrected chi connectivity index (χ3v) is 6.39. The number of carbonyl (C=O) groups is 1. The molecule has 2 aliphatic carbocycles. The third kappa shape index (κ3) is 5.75. The second-order valence-corrected chi connectivity index (χ2v) is 8.83. The topological polar surface area (TPSA) is 61.3 Å². The molecule has 1 saturated carbocycles. The quantitative estimate of drug-likeness (QED) is 0.396. The number of aromatic nitrogens is 2. The molecule has 0 spiro atoms. The van der Waals surface area contributed by atoms with Gasteiger partial charge in [-0.1, -0.05) is 72.9 Å². The van der Waals surface area contributed by atoms with E-state index in [1.54, 1.807) is 12.4 Å². The van der Waals surface area contributed by atoms with Crippen LogP contribution in [0.4, 0.5) is 0 Å². The molecule has 1 aromatic heterocycles. The molecule has 1 fully saturated rings. The van der Waals surface area contributed by atoms with Gasteiger partial charge in [-0.15, -0.1) is 0 Å². The minimum absolute atomic E-state index is 0.0262. The van der Waals surface area contributed by atoms with E-state index in [0.29, 0.717) is 6.61 Å². The van der Waals surface area contributed by atoms with Crippen molar-refractivity contribution in [2.24, 2.45) is 5.92 Å². The molecule has 0 radical (unpaired) electrons. The van der Waals surface area contributed by atoms with Crippen LogP contribution in [0.1, 0.15) is 36.8 Å². The number of carbonyl (C=O) groups excluding carboxylic acids is 1. The Morgan fingerprint density at radius 1 is 0.886 bits per heavy atom. The molecular weight excluding hydrogens is 436 g/mol. The number of nitrogens with zero attached hydrogens (tertiary/aromatic N) is 2. The predicted octanol–water partition coefficient (Wildman–Crippen LogP) is 6.38. The maximum atomic E-state index is 12.6. The molecule has 0 aliphatic heterocycles. The van der Waals surface area contributed by atoms with E-state index in [-0.39, 0.29) is 18.0 Å². The van der Waals surface area contributed by atoms with E-state index >= 15 is 0 Å². The summed E-state index contributed by atoms with van der Waals surface area (Å²) in [5, 5.41) is 0. The molecule has 176 valence electrons. The van der Waals surface area contributed by atoms with Crippen LogP contribution in [0.15, 0.2) is 97.4 Å². The lowest BCUT2D eigenvalue weighted by Crippen LogP contribution is -2.29. The second kappa shape index (κ2) is 11.0. The smallest absolute Gasteiger partial charge is 0.309 e. The van der Waals surface area contributed by atoms with Gasteiger partial charge in [0.1, 0.15) is 17.9 Å². The first-order valence-corrected chi connectivity index (χ1v) is 12.1. The lowest BCUT2D eigenvalue weighted by Gasteiger charge is -2.28. The number of ether oxygens (including phenoxy) is 2. The van der Waals surface area contributed by atoms with Crippen molar-refractivity contribution in [3.05, 3.63) is 109 Å². The van der Waals surface area contributed by atoms with Crippen LogP contribution in [0.2, 0.25) is 0 Å². The van der Waals surface area contributed by atoms with Gasteiger partial charge in [-0.25, -0.2) is 4.98 Å². The van der Waals surface area contributed by atoms with Gasteiger partial charge in [-0.3, -0.25) is 9.78 Å². The van der Waals surface area contributed by atoms with Crippen molar-refractivity contribution >= 4 is 22.6 Å². The Kier molecular flexibility index (Phi) is 7.13. The molecule has 1 heterocycles. The maximum Gasteiger partial charge on any atom is 0.309 e. The van der Waals surface area contributed by atoms with Crippen molar-refractivity contribution in [3.63, 3.8) is 0 Å². The highest BCUT2D eigenvalue weighted by molar-refractivity contribution is 5.88. The number of benzene rings is 2. The lowest BCUT2D eigenvalue weighted by atomic mass is 9.87. The van der Waals surface area contributed by atoms with Gasteiger partial charge in [-0.05, 0) is 54.5 Å². The molecule has 5 heteroatoms. The number of esters is 1. The molecule has 35 heavy (non-hydrogen) atoms. The molecule has 0 unspecified atom stereocenters. The van der Waals surface area contributed by atoms with Crippen molar-refractivity contribution in [1.82, 2.24) is 9.97 Å². The van der Waals surface area contributed by atoms with E-state index < -0.39 is 0 Å². The molecule has 5 rings (SSSR count). The fraction of sp³-hybridized carbons (Fsp3) is 0.233. The van der Waals surface area contributed by atoms with E-state index in [2.05, 4.69) is 22.1 Å². The van der Waals surface area contributed by atoms with E-state index in [9.17, 15) is 4.79 Å². The van der Waals surface area contributed by atoms with E-state index in [1.807, 2.05) is 72.8 Å². The number of allylic oxidation sites excluding steroid dienone is 8. The molecule has 0 saturated heterocycles. The average Bonchev–Trinajstić information content (AvgIpc) is 2.88. The van der Waals surface area contributed by atoms with Crippen LogP contribution in [0, 0.1) is 5.92 Å². The van der Waals surface area contributed by atoms with Crippen LogP contribution in [-0.2, 0) is 16.1 Å². The Balaban J connectivity index is 1.26. The Bertz CT molecular complexity index is 1300. The number of fused-ring (bicyclic) bond motifs is 1. The number of rotatable bonds is 6. The van der Waals surface area contributed by atoms with Gasteiger partial charge in [0.25, 0.3) is 0 Å². The summed E-state index contributed by atoms with van der Waals surface area (Å²) in [7, 11) is 0. The third-order valence-electron chi connectivity index (χ3n) is 6.39. The first-order valence-electron chi connectivity index (χ1n) is 12.1. The summed E-state index contributed by atoms with van der Waals surface area (Å²) in [6.07, 6.45) is 20.7. The van der Waals surface area contributed by atoms with Gasteiger partial charge >= 0.3 is 5.97 Å². The van der Waals surface area contributed by atoms with Crippen molar-refractivity contribution in [2.75, 3.05) is 0 Å². The summed E-state index contributed by atoms with van der Waals surface area (Å²) in [5.41, 5.74) is 4.67. The van der Waals surface area contributed by atoms with Gasteiger partial charge in [-0.2, -0.15) is 0 Å². The molecular formula is C30H28N2O3. The van der Waals surface area contributed by atoms with Crippen LogP contribution < -0.4 is 4.74 Å². The lowest BCUT2D eigenvalue weighted by molar-refractivity contribution is -0.151. The van der Waals surface area contributed by atoms with Crippen LogP contribution in [-0.4, -0.2) is 22.0 Å². The van der Waals surface area contributed by atoms with Crippen LogP contribution in [0.25, 0.3) is 16.6 Å². The fourth-order valence-electron chi connectivity index (χ4n) is 4.50. The van der Waals surface area contributed by atoms with Crippen LogP contribution in [0.3, 0.4) is 0 Å². The highest BCUT2D eigenvalue weighted by Crippen LogP contribution is 2.33. The second-order valence-electron chi connectivity index (χ2n) is 8.83. The normalized spacial score (nSPS) is 23.8. The summed E-state index contributed by atoms with van der Waals surface area (Å²) in [6.45, 7) is 0.322. The van der Waals surface area contributed by atoms with E-state index in [4.69, 9.17) is 9.47 Å². The van der Waals surface area contributed by atoms with Gasteiger partial charge in [0.2, 0.25) is 0 Å². The van der Waals surface area contributed by atoms with Crippen molar-refractivity contribution < 1.29 is 14.3 Å². The first kappa shape index (κ1) is 22.8. The van der Waals surface area contributed by atoms with Crippen LogP contribution >= 0.6 is 0 Å². The highest BCUT2D eigenvalue weighted by Gasteiger charge is 2.29. The monoisotopic (exact) mass is 464 g/mol. The van der Waals surface area contributed by atoms with Crippen molar-refractivity contribution in [2.45, 2.75) is 38.4 Å². The molecule has 0 amide bonds. The van der Waals surface area contributed by atoms with Gasteiger partial charge in [0.15, 0.2) is 0 Å². The Hall–Kier alpha value is -3.99. The predicted molar refractivity (Wildman–Crippen MR) is 138 cm³/mol. The first-order chi connectivity index (χ1) is 17.3. The summed E-state index contributed by atoms with van der Waals surface area (Å²) in [6, 6.07) is 13.9. The Morgan fingerprint density at radius 3 is 2.51 bits per heavy atom. The SMILES string of the molecule is O=C(OCc1ccccc1)C1CCC(Oc2cc(C3=C/C=C\C=C/C=C\3)cc3nccnc23)CC1. The van der Waals surface area contributed by atoms with E-state index in [1.165, 1.54) is 0 Å². The van der Waals surface area contributed by atoms with Gasteiger partial charge in [0, 0.05) is 12.4 Å². The molecule has 5 nitrogen and oxygen atoms in total. The summed E-state index contributed by atoms with van der Waals surface area (Å²) in [5.74, 6) is 0.541. The van der Waals surface area contributed by atoms with Gasteiger partial charge in [0.05, 0.1) is 17.5 Å². The average molecular weight is 465 g/mol. The molecule has 0 bridgehead atoms. The summed E-state index contributed by atoms with van der Waals surface area (Å²) < 4.78 is 12.0. The molecule has 3 aromatic rings. The molecule has 2 aliphatic rings. The number of hydrogen-bond donors (Lipinski definition) is 0. The zero-order valence-electron chi connectivity index (χ0n) is 19.5. The Morgan fingerprint density at radius 2 is 1.66 bits per heavy atom. The minimum Gasteiger partial charge on any atom is -0.488 e. The zero-order valence-corrected chi connectivity index (χ0v) is 19.5. The largest absolute Gasteiger partial charge is 0.488 e. The standard InChI is InChI=1S/C30H28N2O3/c33-30(34-21-22-9-5-4-6-10-22)24-13-15-26(16-14-24)35-28-20-25(19-27-29(28)32-18-17-31-27)23-11-7-2-1-3-8-12-23/h1-12,17-20,24,26H,13-16,21H2/b2-1-,3-1?,7-2?,8-3-,11-7-,12-8?,23-11?,23-12+. The Labute approximate surface area is 205 Å². The number of hydrogen-bond acceptors (Lipinski definition) is 5. The zero-order chi connectivity index (χ0) is 23.9. The summed E-state index contributed by atoms with van der Waals surface area (Å²) in [4.78, 5) is 21.6.